The van der Waals surface area contributed by atoms with E-state index in [1.54, 1.807) is 14.0 Å². The van der Waals surface area contributed by atoms with Crippen LogP contribution in [0.15, 0.2) is 0 Å². The van der Waals surface area contributed by atoms with Gasteiger partial charge in [-0.1, -0.05) is 20.3 Å². The average Bonchev–Trinajstić information content (AvgIpc) is 2.63. The van der Waals surface area contributed by atoms with Gasteiger partial charge in [-0.2, -0.15) is 0 Å². The minimum atomic E-state index is -0.981. The highest BCUT2D eigenvalue weighted by Crippen LogP contribution is 2.53. The summed E-state index contributed by atoms with van der Waals surface area (Å²) in [5.74, 6) is 1.53. The highest BCUT2D eigenvalue weighted by Gasteiger charge is 2.54. The molecule has 1 N–H and O–H groups in total. The summed E-state index contributed by atoms with van der Waals surface area (Å²) >= 11 is 0. The lowest BCUT2D eigenvalue weighted by atomic mass is 9.61. The van der Waals surface area contributed by atoms with Crippen molar-refractivity contribution in [3.63, 3.8) is 0 Å². The Bertz CT molecular complexity index is 374. The van der Waals surface area contributed by atoms with E-state index in [-0.39, 0.29) is 12.6 Å². The molecule has 3 aliphatic rings. The fraction of sp³-hybridized carbons (Fsp3) is 1.00. The van der Waals surface area contributed by atoms with Crippen molar-refractivity contribution >= 4 is 0 Å². The van der Waals surface area contributed by atoms with Crippen LogP contribution >= 0.6 is 0 Å². The lowest BCUT2D eigenvalue weighted by Gasteiger charge is -2.51. The first-order chi connectivity index (χ1) is 9.99. The van der Waals surface area contributed by atoms with Crippen LogP contribution in [-0.2, 0) is 19.1 Å². The molecule has 3 rings (SSSR count). The van der Waals surface area contributed by atoms with Crippen molar-refractivity contribution in [3.8, 4) is 0 Å². The normalized spacial score (nSPS) is 53.9. The molecule has 2 aliphatic heterocycles. The van der Waals surface area contributed by atoms with E-state index in [0.717, 1.165) is 6.42 Å². The number of hydrogen-bond acceptors (Lipinski definition) is 5. The third-order valence-corrected chi connectivity index (χ3v) is 6.08. The van der Waals surface area contributed by atoms with E-state index >= 15 is 0 Å². The van der Waals surface area contributed by atoms with E-state index in [2.05, 4.69) is 18.7 Å². The number of methoxy groups -OCH3 is 1. The Balaban J connectivity index is 1.92. The predicted molar refractivity (Wildman–Crippen MR) is 76.1 cm³/mol. The summed E-state index contributed by atoms with van der Waals surface area (Å²) in [5, 5.41) is 9.24. The van der Waals surface area contributed by atoms with Crippen LogP contribution in [-0.4, -0.2) is 30.7 Å². The lowest BCUT2D eigenvalue weighted by molar-refractivity contribution is -0.443. The van der Waals surface area contributed by atoms with E-state index in [1.165, 1.54) is 12.8 Å². The standard InChI is InChI=1S/C16H28O5/c1-9-5-6-12-10(2)14(18-4)19-15-13(12)11(9)7-8-16(3,20-15)21-17/h9-15,17H,5-8H2,1-4H3/t9-,10-,11?,12+,13?,14-,15-,16?/m1/s1. The highest BCUT2D eigenvalue weighted by atomic mass is 17.1. The Morgan fingerprint density at radius 1 is 1.14 bits per heavy atom. The fourth-order valence-electron chi connectivity index (χ4n) is 4.78. The van der Waals surface area contributed by atoms with Gasteiger partial charge in [0.2, 0.25) is 5.79 Å². The van der Waals surface area contributed by atoms with Crippen molar-refractivity contribution < 1.29 is 24.4 Å². The Kier molecular flexibility index (Phi) is 4.32. The smallest absolute Gasteiger partial charge is 0.201 e. The molecule has 2 heterocycles. The molecule has 0 spiro atoms. The maximum Gasteiger partial charge on any atom is 0.201 e. The van der Waals surface area contributed by atoms with Gasteiger partial charge in [-0.05, 0) is 37.5 Å². The van der Waals surface area contributed by atoms with Crippen LogP contribution in [0.3, 0.4) is 0 Å². The van der Waals surface area contributed by atoms with Gasteiger partial charge in [0, 0.05) is 25.4 Å². The molecule has 5 heteroatoms. The molecule has 0 radical (unpaired) electrons. The van der Waals surface area contributed by atoms with Crippen molar-refractivity contribution in [1.29, 1.82) is 0 Å². The molecule has 0 aromatic rings. The fourth-order valence-corrected chi connectivity index (χ4v) is 4.78. The molecule has 1 aliphatic carbocycles. The van der Waals surface area contributed by atoms with Crippen molar-refractivity contribution in [3.05, 3.63) is 0 Å². The van der Waals surface area contributed by atoms with Crippen molar-refractivity contribution in [1.82, 2.24) is 0 Å². The first-order valence-electron chi connectivity index (χ1n) is 8.17. The minimum Gasteiger partial charge on any atom is -0.355 e. The average molecular weight is 300 g/mol. The number of hydrogen-bond donors (Lipinski definition) is 1. The van der Waals surface area contributed by atoms with Crippen molar-refractivity contribution in [2.75, 3.05) is 7.11 Å². The molecule has 0 amide bonds. The van der Waals surface area contributed by atoms with E-state index < -0.39 is 5.79 Å². The quantitative estimate of drug-likeness (QED) is 0.626. The van der Waals surface area contributed by atoms with Crippen LogP contribution in [0.1, 0.15) is 46.5 Å². The van der Waals surface area contributed by atoms with Gasteiger partial charge < -0.3 is 14.2 Å². The summed E-state index contributed by atoms with van der Waals surface area (Å²) < 4.78 is 17.6. The predicted octanol–water partition coefficient (Wildman–Crippen LogP) is 3.25. The van der Waals surface area contributed by atoms with Gasteiger partial charge in [0.1, 0.15) is 0 Å². The number of rotatable bonds is 2. The van der Waals surface area contributed by atoms with Gasteiger partial charge in [-0.3, -0.25) is 0 Å². The number of ether oxygens (including phenoxy) is 3. The van der Waals surface area contributed by atoms with Crippen LogP contribution < -0.4 is 0 Å². The molecule has 21 heavy (non-hydrogen) atoms. The summed E-state index contributed by atoms with van der Waals surface area (Å²) in [5.41, 5.74) is 0. The van der Waals surface area contributed by atoms with Gasteiger partial charge in [0.15, 0.2) is 12.6 Å². The van der Waals surface area contributed by atoms with Crippen LogP contribution in [0.4, 0.5) is 0 Å². The van der Waals surface area contributed by atoms with E-state index in [0.29, 0.717) is 36.0 Å². The van der Waals surface area contributed by atoms with Gasteiger partial charge in [-0.25, -0.2) is 10.1 Å². The molecule has 0 bridgehead atoms. The van der Waals surface area contributed by atoms with E-state index in [9.17, 15) is 5.26 Å². The van der Waals surface area contributed by atoms with Crippen LogP contribution in [0.2, 0.25) is 0 Å². The third kappa shape index (κ3) is 2.63. The lowest BCUT2D eigenvalue weighted by Crippen LogP contribution is -2.54. The largest absolute Gasteiger partial charge is 0.355 e. The van der Waals surface area contributed by atoms with Gasteiger partial charge in [0.05, 0.1) is 0 Å². The highest BCUT2D eigenvalue weighted by molar-refractivity contribution is 4.95. The second kappa shape index (κ2) is 5.78. The molecule has 3 unspecified atom stereocenters. The van der Waals surface area contributed by atoms with Crippen molar-refractivity contribution in [2.45, 2.75) is 64.8 Å². The zero-order chi connectivity index (χ0) is 15.2. The second-order valence-electron chi connectivity index (χ2n) is 7.31. The first-order valence-corrected chi connectivity index (χ1v) is 8.17. The molecule has 2 saturated heterocycles. The summed E-state index contributed by atoms with van der Waals surface area (Å²) in [6.07, 6.45) is 3.53. The molecular weight excluding hydrogens is 272 g/mol. The first kappa shape index (κ1) is 15.7. The molecular formula is C16H28O5. The van der Waals surface area contributed by atoms with Crippen molar-refractivity contribution in [2.24, 2.45) is 29.6 Å². The third-order valence-electron chi connectivity index (χ3n) is 6.08. The van der Waals surface area contributed by atoms with Crippen LogP contribution in [0.25, 0.3) is 0 Å². The van der Waals surface area contributed by atoms with Gasteiger partial charge >= 0.3 is 0 Å². The molecule has 0 aromatic heterocycles. The van der Waals surface area contributed by atoms with Crippen LogP contribution in [0, 0.1) is 29.6 Å². The molecule has 8 atom stereocenters. The summed E-state index contributed by atoms with van der Waals surface area (Å²) in [6, 6.07) is 0. The summed E-state index contributed by atoms with van der Waals surface area (Å²) in [4.78, 5) is 4.64. The Hall–Kier alpha value is -0.200. The van der Waals surface area contributed by atoms with Gasteiger partial charge in [0.25, 0.3) is 0 Å². The Labute approximate surface area is 126 Å². The van der Waals surface area contributed by atoms with E-state index in [1.807, 2.05) is 0 Å². The van der Waals surface area contributed by atoms with Crippen LogP contribution in [0.5, 0.6) is 0 Å². The molecule has 122 valence electrons. The minimum absolute atomic E-state index is 0.244. The molecule has 5 nitrogen and oxygen atoms in total. The molecule has 3 fully saturated rings. The monoisotopic (exact) mass is 300 g/mol. The Morgan fingerprint density at radius 2 is 1.90 bits per heavy atom. The van der Waals surface area contributed by atoms with E-state index in [4.69, 9.17) is 14.2 Å². The zero-order valence-electron chi connectivity index (χ0n) is 13.5. The van der Waals surface area contributed by atoms with Gasteiger partial charge in [-0.15, -0.1) is 0 Å². The summed E-state index contributed by atoms with van der Waals surface area (Å²) in [7, 11) is 1.68. The molecule has 1 saturated carbocycles. The maximum absolute atomic E-state index is 9.24. The molecule has 0 aromatic carbocycles. The zero-order valence-corrected chi connectivity index (χ0v) is 13.5. The maximum atomic E-state index is 9.24. The topological polar surface area (TPSA) is 57.2 Å². The SMILES string of the molecule is CO[C@@H]1O[C@@H]2OC(C)(OO)CCC3C2[C@@H](CC[C@H]3C)[C@H]1C. The second-order valence-corrected chi connectivity index (χ2v) is 7.31. The summed E-state index contributed by atoms with van der Waals surface area (Å²) in [6.45, 7) is 6.33. The Morgan fingerprint density at radius 3 is 2.57 bits per heavy atom.